The summed E-state index contributed by atoms with van der Waals surface area (Å²) in [5.74, 6) is -1.11. The first-order valence-corrected chi connectivity index (χ1v) is 4.86. The third kappa shape index (κ3) is 1.83. The van der Waals surface area contributed by atoms with E-state index in [0.29, 0.717) is 0 Å². The van der Waals surface area contributed by atoms with Crippen molar-refractivity contribution >= 4 is 17.5 Å². The molecule has 0 bridgehead atoms. The Morgan fingerprint density at radius 1 is 1.54 bits per heavy atom. The number of aromatic hydroxyl groups is 1. The molecule has 1 aromatic rings. The number of ketones is 1. The van der Waals surface area contributed by atoms with Crippen LogP contribution in [-0.2, 0) is 0 Å². The van der Waals surface area contributed by atoms with Crippen LogP contribution in [0.2, 0.25) is 0 Å². The zero-order valence-corrected chi connectivity index (χ0v) is 8.11. The molecule has 0 heterocycles. The molecule has 0 fully saturated rings. The summed E-state index contributed by atoms with van der Waals surface area (Å²) in [5.41, 5.74) is 0.0159. The molecule has 1 rings (SSSR count). The summed E-state index contributed by atoms with van der Waals surface area (Å²) in [5, 5.41) is 9.23. The van der Waals surface area contributed by atoms with E-state index in [1.54, 1.807) is 6.26 Å². The van der Waals surface area contributed by atoms with Gasteiger partial charge in [-0.15, -0.1) is 11.8 Å². The van der Waals surface area contributed by atoms with Crippen molar-refractivity contribution in [2.75, 3.05) is 6.26 Å². The molecule has 0 radical (unpaired) electrons. The van der Waals surface area contributed by atoms with Crippen LogP contribution < -0.4 is 0 Å². The summed E-state index contributed by atoms with van der Waals surface area (Å²) in [4.78, 5) is 11.0. The maximum atomic E-state index is 13.4. The number of carbonyl (C=O) groups excluding carboxylic acids is 1. The van der Waals surface area contributed by atoms with E-state index in [1.165, 1.54) is 19.1 Å². The van der Waals surface area contributed by atoms with Crippen LogP contribution in [0.1, 0.15) is 17.3 Å². The molecule has 1 aromatic carbocycles. The van der Waals surface area contributed by atoms with Crippen molar-refractivity contribution in [3.05, 3.63) is 23.5 Å². The lowest BCUT2D eigenvalue weighted by atomic mass is 10.1. The van der Waals surface area contributed by atoms with E-state index in [2.05, 4.69) is 0 Å². The molecule has 0 aromatic heterocycles. The van der Waals surface area contributed by atoms with E-state index < -0.39 is 5.82 Å². The number of carbonyl (C=O) groups is 1. The van der Waals surface area contributed by atoms with Gasteiger partial charge in [-0.05, 0) is 25.3 Å². The lowest BCUT2D eigenvalue weighted by Crippen LogP contribution is -1.98. The van der Waals surface area contributed by atoms with E-state index >= 15 is 0 Å². The van der Waals surface area contributed by atoms with Crippen molar-refractivity contribution in [1.82, 2.24) is 0 Å². The van der Waals surface area contributed by atoms with Gasteiger partial charge in [0.25, 0.3) is 0 Å². The number of halogens is 1. The highest BCUT2D eigenvalue weighted by Gasteiger charge is 2.14. The Kier molecular flexibility index (Phi) is 2.93. The minimum absolute atomic E-state index is 0.0159. The van der Waals surface area contributed by atoms with Gasteiger partial charge in [-0.2, -0.15) is 0 Å². The predicted octanol–water partition coefficient (Wildman–Crippen LogP) is 2.46. The van der Waals surface area contributed by atoms with Crippen molar-refractivity contribution in [1.29, 1.82) is 0 Å². The molecule has 2 nitrogen and oxygen atoms in total. The van der Waals surface area contributed by atoms with Crippen LogP contribution in [0.5, 0.6) is 5.75 Å². The van der Waals surface area contributed by atoms with Crippen LogP contribution in [0.4, 0.5) is 4.39 Å². The highest BCUT2D eigenvalue weighted by atomic mass is 32.2. The maximum absolute atomic E-state index is 13.4. The zero-order chi connectivity index (χ0) is 10.0. The van der Waals surface area contributed by atoms with Gasteiger partial charge in [0.1, 0.15) is 5.75 Å². The number of rotatable bonds is 2. The van der Waals surface area contributed by atoms with Gasteiger partial charge in [-0.3, -0.25) is 4.79 Å². The van der Waals surface area contributed by atoms with Crippen LogP contribution in [-0.4, -0.2) is 17.1 Å². The number of hydrogen-bond donors (Lipinski definition) is 1. The van der Waals surface area contributed by atoms with Crippen LogP contribution >= 0.6 is 11.8 Å². The quantitative estimate of drug-likeness (QED) is 0.588. The first kappa shape index (κ1) is 10.1. The first-order chi connectivity index (χ1) is 6.07. The third-order valence-electron chi connectivity index (χ3n) is 1.66. The summed E-state index contributed by atoms with van der Waals surface area (Å²) in [6, 6.07) is 2.61. The smallest absolute Gasteiger partial charge is 0.162 e. The molecule has 70 valence electrons. The van der Waals surface area contributed by atoms with Gasteiger partial charge in [0.15, 0.2) is 11.6 Å². The summed E-state index contributed by atoms with van der Waals surface area (Å²) in [6.07, 6.45) is 1.64. The number of thioether (sulfide) groups is 1. The fourth-order valence-corrected chi connectivity index (χ4v) is 1.58. The molecular formula is C9H9FO2S. The Morgan fingerprint density at radius 2 is 2.15 bits per heavy atom. The average Bonchev–Trinajstić information content (AvgIpc) is 2.04. The normalized spacial score (nSPS) is 10.1. The number of phenolic OH excluding ortho intramolecular Hbond substituents is 1. The number of Topliss-reactive ketones (excluding diaryl/α,β-unsaturated/α-hetero) is 1. The van der Waals surface area contributed by atoms with Crippen molar-refractivity contribution in [2.24, 2.45) is 0 Å². The molecule has 0 aliphatic rings. The van der Waals surface area contributed by atoms with Gasteiger partial charge in [0, 0.05) is 0 Å². The highest BCUT2D eigenvalue weighted by molar-refractivity contribution is 7.98. The summed E-state index contributed by atoms with van der Waals surface area (Å²) >= 11 is 1.08. The Morgan fingerprint density at radius 3 is 2.62 bits per heavy atom. The van der Waals surface area contributed by atoms with Gasteiger partial charge in [0.05, 0.1) is 10.5 Å². The van der Waals surface area contributed by atoms with E-state index in [0.717, 1.165) is 11.8 Å². The Bertz CT molecular complexity index is 350. The number of hydrogen-bond acceptors (Lipinski definition) is 3. The monoisotopic (exact) mass is 200 g/mol. The SMILES string of the molecule is CSc1c(O)ccc(C(C)=O)c1F. The molecule has 0 saturated heterocycles. The standard InChI is InChI=1S/C9H9FO2S/c1-5(11)6-3-4-7(12)9(13-2)8(6)10/h3-4,12H,1-2H3. The molecule has 13 heavy (non-hydrogen) atoms. The number of benzene rings is 1. The van der Waals surface area contributed by atoms with Crippen LogP contribution in [0.25, 0.3) is 0 Å². The summed E-state index contributed by atoms with van der Waals surface area (Å²) < 4.78 is 13.4. The largest absolute Gasteiger partial charge is 0.507 e. The van der Waals surface area contributed by atoms with Crippen LogP contribution in [0, 0.1) is 5.82 Å². The second-order valence-corrected chi connectivity index (χ2v) is 3.35. The molecule has 0 unspecified atom stereocenters. The molecule has 0 aliphatic heterocycles. The second kappa shape index (κ2) is 3.79. The zero-order valence-electron chi connectivity index (χ0n) is 7.30. The van der Waals surface area contributed by atoms with Gasteiger partial charge in [-0.1, -0.05) is 0 Å². The Balaban J connectivity index is 3.35. The van der Waals surface area contributed by atoms with E-state index in [9.17, 15) is 14.3 Å². The second-order valence-electron chi connectivity index (χ2n) is 2.54. The molecule has 0 saturated carbocycles. The third-order valence-corrected chi connectivity index (χ3v) is 2.46. The Labute approximate surface area is 79.8 Å². The molecule has 0 aliphatic carbocycles. The summed E-state index contributed by atoms with van der Waals surface area (Å²) in [6.45, 7) is 1.29. The minimum Gasteiger partial charge on any atom is -0.507 e. The van der Waals surface area contributed by atoms with Crippen LogP contribution in [0.15, 0.2) is 17.0 Å². The molecular weight excluding hydrogens is 191 g/mol. The van der Waals surface area contributed by atoms with E-state index in [4.69, 9.17) is 0 Å². The van der Waals surface area contributed by atoms with Gasteiger partial charge in [-0.25, -0.2) is 4.39 Å². The van der Waals surface area contributed by atoms with Gasteiger partial charge < -0.3 is 5.11 Å². The van der Waals surface area contributed by atoms with Crippen molar-refractivity contribution in [3.63, 3.8) is 0 Å². The highest BCUT2D eigenvalue weighted by Crippen LogP contribution is 2.31. The van der Waals surface area contributed by atoms with Crippen LogP contribution in [0.3, 0.4) is 0 Å². The summed E-state index contributed by atoms with van der Waals surface area (Å²) in [7, 11) is 0. The van der Waals surface area contributed by atoms with Crippen molar-refractivity contribution < 1.29 is 14.3 Å². The fraction of sp³-hybridized carbons (Fsp3) is 0.222. The first-order valence-electron chi connectivity index (χ1n) is 3.64. The molecule has 4 heteroatoms. The molecule has 1 N–H and O–H groups in total. The number of phenols is 1. The molecule has 0 spiro atoms. The maximum Gasteiger partial charge on any atom is 0.162 e. The molecule has 0 atom stereocenters. The van der Waals surface area contributed by atoms with E-state index in [1.807, 2.05) is 0 Å². The van der Waals surface area contributed by atoms with E-state index in [-0.39, 0.29) is 22.0 Å². The predicted molar refractivity (Wildman–Crippen MR) is 49.9 cm³/mol. The molecule has 0 amide bonds. The minimum atomic E-state index is -0.639. The Hall–Kier alpha value is -1.03. The lowest BCUT2D eigenvalue weighted by Gasteiger charge is -2.05. The average molecular weight is 200 g/mol. The fourth-order valence-electron chi connectivity index (χ4n) is 1.01. The lowest BCUT2D eigenvalue weighted by molar-refractivity contribution is 0.101. The topological polar surface area (TPSA) is 37.3 Å². The van der Waals surface area contributed by atoms with Crippen molar-refractivity contribution in [2.45, 2.75) is 11.8 Å². The van der Waals surface area contributed by atoms with Gasteiger partial charge >= 0.3 is 0 Å². The van der Waals surface area contributed by atoms with Gasteiger partial charge in [0.2, 0.25) is 0 Å². The van der Waals surface area contributed by atoms with Crippen molar-refractivity contribution in [3.8, 4) is 5.75 Å².